The minimum Gasteiger partial charge on any atom is -0.480 e. The van der Waals surface area contributed by atoms with Crippen molar-refractivity contribution < 1.29 is 23.8 Å². The van der Waals surface area contributed by atoms with Gasteiger partial charge in [-0.1, -0.05) is 13.8 Å². The first-order chi connectivity index (χ1) is 8.45. The second-order valence-corrected chi connectivity index (χ2v) is 4.23. The molecule has 0 unspecified atom stereocenters. The minimum absolute atomic E-state index is 0.0777. The van der Waals surface area contributed by atoms with Crippen LogP contribution in [0.25, 0.3) is 0 Å². The fourth-order valence-electron chi connectivity index (χ4n) is 1.45. The van der Waals surface area contributed by atoms with Gasteiger partial charge in [0.15, 0.2) is 5.76 Å². The first-order valence-corrected chi connectivity index (χ1v) is 5.57. The monoisotopic (exact) mass is 255 g/mol. The fourth-order valence-corrected chi connectivity index (χ4v) is 1.45. The molecule has 0 aliphatic rings. The van der Waals surface area contributed by atoms with Crippen molar-refractivity contribution in [2.75, 3.05) is 7.11 Å². The lowest BCUT2D eigenvalue weighted by Gasteiger charge is -2.16. The highest BCUT2D eigenvalue weighted by atomic mass is 16.5. The smallest absolute Gasteiger partial charge is 0.326 e. The van der Waals surface area contributed by atoms with Crippen LogP contribution in [-0.2, 0) is 16.1 Å². The summed E-state index contributed by atoms with van der Waals surface area (Å²) in [5, 5.41) is 11.4. The molecule has 0 aliphatic carbocycles. The van der Waals surface area contributed by atoms with Gasteiger partial charge in [0.2, 0.25) is 0 Å². The molecule has 0 fully saturated rings. The number of carbonyl (C=O) groups excluding carboxylic acids is 1. The molecule has 0 saturated carbocycles. The number of carbonyl (C=O) groups is 2. The predicted octanol–water partition coefficient (Wildman–Crippen LogP) is 1.26. The molecule has 1 atom stereocenters. The molecule has 100 valence electrons. The van der Waals surface area contributed by atoms with Gasteiger partial charge >= 0.3 is 5.97 Å². The number of hydrogen-bond acceptors (Lipinski definition) is 4. The molecular weight excluding hydrogens is 238 g/mol. The molecule has 0 saturated heterocycles. The Morgan fingerprint density at radius 3 is 2.61 bits per heavy atom. The van der Waals surface area contributed by atoms with Crippen molar-refractivity contribution in [3.63, 3.8) is 0 Å². The van der Waals surface area contributed by atoms with Crippen molar-refractivity contribution in [3.8, 4) is 0 Å². The molecule has 0 aliphatic heterocycles. The quantitative estimate of drug-likeness (QED) is 0.799. The molecule has 1 aromatic heterocycles. The third kappa shape index (κ3) is 3.59. The van der Waals surface area contributed by atoms with Crippen LogP contribution in [0.1, 0.15) is 30.2 Å². The molecular formula is C12H17NO5. The first kappa shape index (κ1) is 14.2. The summed E-state index contributed by atoms with van der Waals surface area (Å²) in [5.41, 5.74) is 0. The van der Waals surface area contributed by atoms with E-state index in [1.54, 1.807) is 19.9 Å². The Morgan fingerprint density at radius 2 is 2.11 bits per heavy atom. The van der Waals surface area contributed by atoms with Crippen molar-refractivity contribution in [3.05, 3.63) is 23.7 Å². The first-order valence-electron chi connectivity index (χ1n) is 5.57. The maximum atomic E-state index is 11.8. The Morgan fingerprint density at radius 1 is 1.44 bits per heavy atom. The van der Waals surface area contributed by atoms with Crippen LogP contribution in [0.5, 0.6) is 0 Å². The Kier molecular flexibility index (Phi) is 4.91. The second-order valence-electron chi connectivity index (χ2n) is 4.23. The average Bonchev–Trinajstić information content (AvgIpc) is 2.73. The largest absolute Gasteiger partial charge is 0.480 e. The third-order valence-electron chi connectivity index (χ3n) is 2.39. The van der Waals surface area contributed by atoms with Crippen LogP contribution in [0.3, 0.4) is 0 Å². The SMILES string of the molecule is COCc1ccc(C(=O)N[C@H](C(=O)O)C(C)C)o1. The molecule has 2 N–H and O–H groups in total. The van der Waals surface area contributed by atoms with E-state index in [1.165, 1.54) is 13.2 Å². The number of amides is 1. The highest BCUT2D eigenvalue weighted by Crippen LogP contribution is 2.10. The number of methoxy groups -OCH3 is 1. The summed E-state index contributed by atoms with van der Waals surface area (Å²) in [6, 6.07) is 2.17. The highest BCUT2D eigenvalue weighted by molar-refractivity contribution is 5.94. The predicted molar refractivity (Wildman–Crippen MR) is 63.1 cm³/mol. The van der Waals surface area contributed by atoms with Crippen LogP contribution >= 0.6 is 0 Å². The van der Waals surface area contributed by atoms with Crippen molar-refractivity contribution in [1.82, 2.24) is 5.32 Å². The van der Waals surface area contributed by atoms with Gasteiger partial charge in [-0.25, -0.2) is 4.79 Å². The molecule has 0 radical (unpaired) electrons. The van der Waals surface area contributed by atoms with Gasteiger partial charge in [-0.3, -0.25) is 4.79 Å². The molecule has 1 rings (SSSR count). The van der Waals surface area contributed by atoms with Crippen molar-refractivity contribution in [1.29, 1.82) is 0 Å². The van der Waals surface area contributed by atoms with Gasteiger partial charge in [0.25, 0.3) is 5.91 Å². The maximum absolute atomic E-state index is 11.8. The lowest BCUT2D eigenvalue weighted by atomic mass is 10.0. The van der Waals surface area contributed by atoms with E-state index >= 15 is 0 Å². The second kappa shape index (κ2) is 6.20. The van der Waals surface area contributed by atoms with E-state index in [9.17, 15) is 9.59 Å². The molecule has 1 aromatic rings. The Balaban J connectivity index is 2.71. The van der Waals surface area contributed by atoms with Gasteiger partial charge in [-0.2, -0.15) is 0 Å². The van der Waals surface area contributed by atoms with E-state index < -0.39 is 17.9 Å². The van der Waals surface area contributed by atoms with Gasteiger partial charge in [0.1, 0.15) is 18.4 Å². The molecule has 0 bridgehead atoms. The van der Waals surface area contributed by atoms with Crippen molar-refractivity contribution in [2.24, 2.45) is 5.92 Å². The molecule has 1 amide bonds. The van der Waals surface area contributed by atoms with Gasteiger partial charge < -0.3 is 19.6 Å². The van der Waals surface area contributed by atoms with E-state index in [-0.39, 0.29) is 18.3 Å². The van der Waals surface area contributed by atoms with E-state index in [2.05, 4.69) is 5.32 Å². The summed E-state index contributed by atoms with van der Waals surface area (Å²) in [7, 11) is 1.52. The number of rotatable bonds is 6. The maximum Gasteiger partial charge on any atom is 0.326 e. The lowest BCUT2D eigenvalue weighted by Crippen LogP contribution is -2.44. The average molecular weight is 255 g/mol. The fraction of sp³-hybridized carbons (Fsp3) is 0.500. The number of ether oxygens (including phenoxy) is 1. The Labute approximate surface area is 105 Å². The summed E-state index contributed by atoms with van der Waals surface area (Å²) in [6.45, 7) is 3.70. The number of carboxylic acid groups (broad SMARTS) is 1. The topological polar surface area (TPSA) is 88.8 Å². The minimum atomic E-state index is -1.07. The van der Waals surface area contributed by atoms with Gasteiger partial charge in [-0.05, 0) is 18.1 Å². The van der Waals surface area contributed by atoms with Gasteiger partial charge in [0, 0.05) is 7.11 Å². The summed E-state index contributed by atoms with van der Waals surface area (Å²) in [6.07, 6.45) is 0. The van der Waals surface area contributed by atoms with Crippen LogP contribution in [0.15, 0.2) is 16.5 Å². The van der Waals surface area contributed by atoms with Crippen molar-refractivity contribution in [2.45, 2.75) is 26.5 Å². The number of furan rings is 1. The molecule has 18 heavy (non-hydrogen) atoms. The highest BCUT2D eigenvalue weighted by Gasteiger charge is 2.25. The summed E-state index contributed by atoms with van der Waals surface area (Å²) >= 11 is 0. The third-order valence-corrected chi connectivity index (χ3v) is 2.39. The Bertz CT molecular complexity index is 424. The molecule has 0 aromatic carbocycles. The molecule has 0 spiro atoms. The Hall–Kier alpha value is -1.82. The van der Waals surface area contributed by atoms with E-state index in [4.69, 9.17) is 14.3 Å². The van der Waals surface area contributed by atoms with Crippen LogP contribution in [0.4, 0.5) is 0 Å². The van der Waals surface area contributed by atoms with Gasteiger partial charge in [0.05, 0.1) is 0 Å². The van der Waals surface area contributed by atoms with Crippen LogP contribution in [-0.4, -0.2) is 30.1 Å². The normalized spacial score (nSPS) is 12.4. The van der Waals surface area contributed by atoms with Crippen LogP contribution < -0.4 is 5.32 Å². The van der Waals surface area contributed by atoms with Crippen LogP contribution in [0, 0.1) is 5.92 Å². The number of aliphatic carboxylic acids is 1. The van der Waals surface area contributed by atoms with Crippen molar-refractivity contribution >= 4 is 11.9 Å². The zero-order valence-electron chi connectivity index (χ0n) is 10.6. The summed E-state index contributed by atoms with van der Waals surface area (Å²) in [5.74, 6) is -1.23. The molecule has 6 heteroatoms. The number of hydrogen-bond donors (Lipinski definition) is 2. The summed E-state index contributed by atoms with van der Waals surface area (Å²) < 4.78 is 10.1. The zero-order chi connectivity index (χ0) is 13.7. The lowest BCUT2D eigenvalue weighted by molar-refractivity contribution is -0.140. The molecule has 6 nitrogen and oxygen atoms in total. The zero-order valence-corrected chi connectivity index (χ0v) is 10.6. The van der Waals surface area contributed by atoms with E-state index in [0.717, 1.165) is 0 Å². The standard InChI is InChI=1S/C12H17NO5/c1-7(2)10(12(15)16)13-11(14)9-5-4-8(18-9)6-17-3/h4-5,7,10H,6H2,1-3H3,(H,13,14)(H,15,16)/t10-/m0/s1. The number of nitrogens with one attached hydrogen (secondary N) is 1. The molecule has 1 heterocycles. The van der Waals surface area contributed by atoms with Gasteiger partial charge in [-0.15, -0.1) is 0 Å². The number of carboxylic acids is 1. The van der Waals surface area contributed by atoms with E-state index in [1.807, 2.05) is 0 Å². The van der Waals surface area contributed by atoms with Crippen LogP contribution in [0.2, 0.25) is 0 Å². The summed E-state index contributed by atoms with van der Waals surface area (Å²) in [4.78, 5) is 22.7. The van der Waals surface area contributed by atoms with E-state index in [0.29, 0.717) is 5.76 Å².